The van der Waals surface area contributed by atoms with Gasteiger partial charge >= 0.3 is 0 Å². The van der Waals surface area contributed by atoms with Gasteiger partial charge < -0.3 is 19.2 Å². The molecule has 1 aromatic heterocycles. The van der Waals surface area contributed by atoms with Gasteiger partial charge in [0.1, 0.15) is 5.58 Å². The lowest BCUT2D eigenvalue weighted by Crippen LogP contribution is -2.44. The molecule has 1 N–H and O–H groups in total. The number of hydrogen-bond donors (Lipinski definition) is 1. The minimum atomic E-state index is -2.10. The summed E-state index contributed by atoms with van der Waals surface area (Å²) in [7, 11) is 1.59. The first-order valence-corrected chi connectivity index (χ1v) is 10.5. The summed E-state index contributed by atoms with van der Waals surface area (Å²) in [5, 5.41) is 12.2. The van der Waals surface area contributed by atoms with Crippen LogP contribution in [0.2, 0.25) is 0 Å². The molecule has 3 aromatic rings. The summed E-state index contributed by atoms with van der Waals surface area (Å²) in [5.74, 6) is -0.319. The Morgan fingerprint density at radius 3 is 2.56 bits per heavy atom. The lowest BCUT2D eigenvalue weighted by atomic mass is 9.85. The van der Waals surface area contributed by atoms with Crippen LogP contribution in [0.5, 0.6) is 0 Å². The van der Waals surface area contributed by atoms with Crippen LogP contribution in [0.1, 0.15) is 49.3 Å². The molecule has 3 heterocycles. The van der Waals surface area contributed by atoms with Crippen LogP contribution < -0.4 is 10.3 Å². The molecular formula is C25H24N2O5. The highest BCUT2D eigenvalue weighted by molar-refractivity contribution is 6.08. The smallest absolute Gasteiger partial charge is 0.267 e. The minimum absolute atomic E-state index is 0.102. The number of carbonyl (C=O) groups is 1. The molecule has 7 heteroatoms. The van der Waals surface area contributed by atoms with Crippen LogP contribution >= 0.6 is 0 Å². The van der Waals surface area contributed by atoms with Crippen LogP contribution in [0.4, 0.5) is 5.69 Å². The average molecular weight is 432 g/mol. The van der Waals surface area contributed by atoms with Crippen molar-refractivity contribution < 1.29 is 19.1 Å². The van der Waals surface area contributed by atoms with Gasteiger partial charge in [-0.3, -0.25) is 9.59 Å². The Morgan fingerprint density at radius 2 is 1.84 bits per heavy atom. The molecule has 0 radical (unpaired) electrons. The molecule has 0 saturated heterocycles. The fourth-order valence-electron chi connectivity index (χ4n) is 4.44. The zero-order valence-electron chi connectivity index (χ0n) is 18.6. The van der Waals surface area contributed by atoms with Crippen molar-refractivity contribution >= 4 is 28.5 Å². The number of nitrogens with zero attached hydrogens (tertiary/aromatic N) is 2. The predicted octanol–water partition coefficient (Wildman–Crippen LogP) is 3.58. The molecule has 0 unspecified atom stereocenters. The van der Waals surface area contributed by atoms with E-state index in [1.165, 1.54) is 4.90 Å². The Hall–Kier alpha value is -3.45. The Balaban J connectivity index is 1.83. The minimum Gasteiger partial charge on any atom is -0.463 e. The van der Waals surface area contributed by atoms with Crippen molar-refractivity contribution in [2.24, 2.45) is 4.99 Å². The van der Waals surface area contributed by atoms with Crippen molar-refractivity contribution in [1.82, 2.24) is 0 Å². The van der Waals surface area contributed by atoms with Gasteiger partial charge in [-0.2, -0.15) is 0 Å². The average Bonchev–Trinajstić information content (AvgIpc) is 3.18. The SMILES string of the molecule is Cc1ccc2oc3c(c(=O)c2c1)[C@@H]([C@]1(O)C(=O)N(C)c2ccccc21)OC3=NC(C)(C)C. The normalized spacial score (nSPS) is 23.6. The number of aryl methyl sites for hydroxylation is 1. The molecule has 2 aromatic carbocycles. The molecule has 2 aliphatic heterocycles. The summed E-state index contributed by atoms with van der Waals surface area (Å²) in [5.41, 5.74) is -0.649. The number of aliphatic imine (C=N–C) groups is 1. The number of carbonyl (C=O) groups excluding carboxylic acids is 1. The van der Waals surface area contributed by atoms with E-state index in [2.05, 4.69) is 4.99 Å². The quantitative estimate of drug-likeness (QED) is 0.635. The third-order valence-electron chi connectivity index (χ3n) is 5.89. The molecule has 0 saturated carbocycles. The number of amides is 1. The van der Waals surface area contributed by atoms with Crippen LogP contribution in [0.25, 0.3) is 11.0 Å². The van der Waals surface area contributed by atoms with E-state index in [4.69, 9.17) is 9.15 Å². The molecule has 7 nitrogen and oxygen atoms in total. The largest absolute Gasteiger partial charge is 0.463 e. The van der Waals surface area contributed by atoms with Gasteiger partial charge in [-0.1, -0.05) is 29.8 Å². The molecule has 0 fully saturated rings. The summed E-state index contributed by atoms with van der Waals surface area (Å²) in [6, 6.07) is 12.3. The van der Waals surface area contributed by atoms with Gasteiger partial charge in [0.25, 0.3) is 11.8 Å². The second-order valence-corrected chi connectivity index (χ2v) is 9.41. The number of likely N-dealkylation sites (N-methyl/N-ethyl adjacent to an activating group) is 1. The maximum Gasteiger partial charge on any atom is 0.267 e. The van der Waals surface area contributed by atoms with Crippen molar-refractivity contribution in [3.63, 3.8) is 0 Å². The Morgan fingerprint density at radius 1 is 1.12 bits per heavy atom. The van der Waals surface area contributed by atoms with Gasteiger partial charge in [0.15, 0.2) is 11.9 Å². The molecular weight excluding hydrogens is 408 g/mol. The van der Waals surface area contributed by atoms with Crippen molar-refractivity contribution in [2.45, 2.75) is 44.9 Å². The van der Waals surface area contributed by atoms with E-state index in [9.17, 15) is 14.7 Å². The Labute approximate surface area is 184 Å². The predicted molar refractivity (Wildman–Crippen MR) is 121 cm³/mol. The van der Waals surface area contributed by atoms with E-state index in [0.717, 1.165) is 5.56 Å². The molecule has 32 heavy (non-hydrogen) atoms. The zero-order chi connectivity index (χ0) is 23.0. The second kappa shape index (κ2) is 6.53. The van der Waals surface area contributed by atoms with E-state index in [-0.39, 0.29) is 22.7 Å². The number of ether oxygens (including phenoxy) is 1. The highest BCUT2D eigenvalue weighted by Crippen LogP contribution is 2.51. The van der Waals surface area contributed by atoms with E-state index in [0.29, 0.717) is 22.2 Å². The van der Waals surface area contributed by atoms with Gasteiger partial charge in [0, 0.05) is 12.6 Å². The summed E-state index contributed by atoms with van der Waals surface area (Å²) >= 11 is 0. The van der Waals surface area contributed by atoms with Crippen LogP contribution in [-0.2, 0) is 15.1 Å². The first-order valence-electron chi connectivity index (χ1n) is 10.5. The number of para-hydroxylation sites is 1. The topological polar surface area (TPSA) is 92.3 Å². The third-order valence-corrected chi connectivity index (χ3v) is 5.89. The molecule has 0 aliphatic carbocycles. The van der Waals surface area contributed by atoms with Gasteiger partial charge in [-0.25, -0.2) is 4.99 Å². The number of aliphatic hydroxyl groups is 1. The van der Waals surface area contributed by atoms with E-state index in [1.807, 2.05) is 33.8 Å². The van der Waals surface area contributed by atoms with Crippen molar-refractivity contribution in [3.05, 3.63) is 75.1 Å². The van der Waals surface area contributed by atoms with Gasteiger partial charge in [0.05, 0.1) is 22.2 Å². The number of benzene rings is 2. The number of fused-ring (bicyclic) bond motifs is 3. The van der Waals surface area contributed by atoms with Crippen LogP contribution in [0.15, 0.2) is 56.7 Å². The monoisotopic (exact) mass is 432 g/mol. The molecule has 1 amide bonds. The standard InChI is InChI=1S/C25H24N2O5/c1-13-10-11-17-14(12-13)19(28)18-20(31-17)22(26-24(2,3)4)32-21(18)25(30)15-8-6-7-9-16(15)27(5)23(25)29/h6-12,21,30H,1-5H3/t21-,25-/m0/s1. The van der Waals surface area contributed by atoms with Gasteiger partial charge in [0.2, 0.25) is 11.0 Å². The Bertz CT molecular complexity index is 1380. The highest BCUT2D eigenvalue weighted by atomic mass is 16.5. The summed E-state index contributed by atoms with van der Waals surface area (Å²) < 4.78 is 12.2. The fraction of sp³-hybridized carbons (Fsp3) is 0.320. The van der Waals surface area contributed by atoms with Gasteiger partial charge in [-0.15, -0.1) is 0 Å². The summed E-state index contributed by atoms with van der Waals surface area (Å²) in [6.07, 6.45) is -1.29. The maximum atomic E-state index is 13.7. The molecule has 0 spiro atoms. The zero-order valence-corrected chi connectivity index (χ0v) is 18.6. The molecule has 164 valence electrons. The summed E-state index contributed by atoms with van der Waals surface area (Å²) in [6.45, 7) is 7.54. The number of anilines is 1. The lowest BCUT2D eigenvalue weighted by molar-refractivity contribution is -0.147. The number of hydrogen-bond acceptors (Lipinski definition) is 6. The first-order chi connectivity index (χ1) is 15.0. The molecule has 2 atom stereocenters. The van der Waals surface area contributed by atoms with E-state index >= 15 is 0 Å². The van der Waals surface area contributed by atoms with Gasteiger partial charge in [-0.05, 0) is 45.9 Å². The van der Waals surface area contributed by atoms with Crippen molar-refractivity contribution in [2.75, 3.05) is 11.9 Å². The van der Waals surface area contributed by atoms with Crippen LogP contribution in [-0.4, -0.2) is 29.5 Å². The Kier molecular flexibility index (Phi) is 4.17. The fourth-order valence-corrected chi connectivity index (χ4v) is 4.44. The molecule has 5 rings (SSSR count). The van der Waals surface area contributed by atoms with Crippen LogP contribution in [0.3, 0.4) is 0 Å². The highest BCUT2D eigenvalue weighted by Gasteiger charge is 2.60. The van der Waals surface area contributed by atoms with Crippen molar-refractivity contribution in [1.29, 1.82) is 0 Å². The molecule has 0 bridgehead atoms. The van der Waals surface area contributed by atoms with E-state index < -0.39 is 23.2 Å². The summed E-state index contributed by atoms with van der Waals surface area (Å²) in [4.78, 5) is 33.0. The van der Waals surface area contributed by atoms with E-state index in [1.54, 1.807) is 43.4 Å². The first kappa shape index (κ1) is 20.5. The number of rotatable bonds is 1. The van der Waals surface area contributed by atoms with Crippen LogP contribution in [0, 0.1) is 6.92 Å². The molecule has 2 aliphatic rings. The second-order valence-electron chi connectivity index (χ2n) is 9.41. The lowest BCUT2D eigenvalue weighted by Gasteiger charge is -2.28. The van der Waals surface area contributed by atoms with Crippen molar-refractivity contribution in [3.8, 4) is 0 Å². The third kappa shape index (κ3) is 2.74. The maximum absolute atomic E-state index is 13.7.